The van der Waals surface area contributed by atoms with Crippen molar-refractivity contribution >= 4 is 5.91 Å². The summed E-state index contributed by atoms with van der Waals surface area (Å²) in [6, 6.07) is 5.66. The standard InChI is InChI=1S/C15H22N2O3/c1-20-8-7-16-15(19)10-17-14-4-2-3-11-9-12(18)5-6-13(11)14/h5-6,9,14,17-18H,2-4,7-8,10H2,1H3,(H,16,19). The van der Waals surface area contributed by atoms with Crippen LogP contribution < -0.4 is 10.6 Å². The number of hydrogen-bond acceptors (Lipinski definition) is 4. The van der Waals surface area contributed by atoms with Crippen LogP contribution in [0.1, 0.15) is 30.0 Å². The molecule has 0 spiro atoms. The van der Waals surface area contributed by atoms with Crippen LogP contribution in [-0.4, -0.2) is 37.8 Å². The van der Waals surface area contributed by atoms with E-state index >= 15 is 0 Å². The van der Waals surface area contributed by atoms with E-state index in [9.17, 15) is 9.90 Å². The number of ether oxygens (including phenoxy) is 1. The van der Waals surface area contributed by atoms with Crippen molar-refractivity contribution in [1.29, 1.82) is 0 Å². The molecule has 1 unspecified atom stereocenters. The third kappa shape index (κ3) is 3.95. The van der Waals surface area contributed by atoms with Crippen LogP contribution in [0.4, 0.5) is 0 Å². The van der Waals surface area contributed by atoms with Gasteiger partial charge in [-0.15, -0.1) is 0 Å². The van der Waals surface area contributed by atoms with Gasteiger partial charge in [-0.2, -0.15) is 0 Å². The third-order valence-corrected chi connectivity index (χ3v) is 3.58. The van der Waals surface area contributed by atoms with Gasteiger partial charge in [-0.3, -0.25) is 4.79 Å². The highest BCUT2D eigenvalue weighted by Gasteiger charge is 2.20. The number of methoxy groups -OCH3 is 1. The molecule has 1 aliphatic carbocycles. The average molecular weight is 278 g/mol. The van der Waals surface area contributed by atoms with Crippen molar-refractivity contribution in [3.63, 3.8) is 0 Å². The third-order valence-electron chi connectivity index (χ3n) is 3.58. The van der Waals surface area contributed by atoms with Crippen LogP contribution in [0.2, 0.25) is 0 Å². The Bertz CT molecular complexity index is 462. The zero-order chi connectivity index (χ0) is 14.4. The summed E-state index contributed by atoms with van der Waals surface area (Å²) in [5.41, 5.74) is 2.37. The van der Waals surface area contributed by atoms with Crippen molar-refractivity contribution < 1.29 is 14.6 Å². The predicted molar refractivity (Wildman–Crippen MR) is 76.7 cm³/mol. The number of carbonyl (C=O) groups is 1. The highest BCUT2D eigenvalue weighted by molar-refractivity contribution is 5.78. The molecule has 0 fully saturated rings. The highest BCUT2D eigenvalue weighted by Crippen LogP contribution is 2.31. The van der Waals surface area contributed by atoms with E-state index in [0.29, 0.717) is 25.4 Å². The first-order valence-corrected chi connectivity index (χ1v) is 7.01. The smallest absolute Gasteiger partial charge is 0.234 e. The molecule has 0 saturated carbocycles. The molecule has 1 aromatic rings. The maximum absolute atomic E-state index is 11.7. The number of hydrogen-bond donors (Lipinski definition) is 3. The van der Waals surface area contributed by atoms with Crippen molar-refractivity contribution in [1.82, 2.24) is 10.6 Å². The van der Waals surface area contributed by atoms with Gasteiger partial charge in [0.05, 0.1) is 13.2 Å². The maximum atomic E-state index is 11.7. The second-order valence-corrected chi connectivity index (χ2v) is 5.05. The molecule has 0 heterocycles. The van der Waals surface area contributed by atoms with Crippen molar-refractivity contribution in [2.45, 2.75) is 25.3 Å². The summed E-state index contributed by atoms with van der Waals surface area (Å²) in [4.78, 5) is 11.7. The van der Waals surface area contributed by atoms with Crippen molar-refractivity contribution in [3.05, 3.63) is 29.3 Å². The van der Waals surface area contributed by atoms with E-state index in [0.717, 1.165) is 19.3 Å². The Labute approximate surface area is 119 Å². The average Bonchev–Trinajstić information content (AvgIpc) is 2.45. The minimum absolute atomic E-state index is 0.0204. The van der Waals surface area contributed by atoms with Crippen LogP contribution in [0.15, 0.2) is 18.2 Å². The van der Waals surface area contributed by atoms with Gasteiger partial charge >= 0.3 is 0 Å². The normalized spacial score (nSPS) is 17.6. The zero-order valence-electron chi connectivity index (χ0n) is 11.8. The molecule has 0 saturated heterocycles. The number of aryl methyl sites for hydroxylation is 1. The number of amides is 1. The lowest BCUT2D eigenvalue weighted by atomic mass is 9.87. The number of phenols is 1. The number of benzene rings is 1. The van der Waals surface area contributed by atoms with Gasteiger partial charge in [0.1, 0.15) is 5.75 Å². The fourth-order valence-corrected chi connectivity index (χ4v) is 2.58. The fraction of sp³-hybridized carbons (Fsp3) is 0.533. The lowest BCUT2D eigenvalue weighted by Gasteiger charge is -2.26. The molecule has 0 radical (unpaired) electrons. The lowest BCUT2D eigenvalue weighted by molar-refractivity contribution is -0.120. The molecule has 0 bridgehead atoms. The molecule has 110 valence electrons. The summed E-state index contributed by atoms with van der Waals surface area (Å²) in [7, 11) is 1.61. The van der Waals surface area contributed by atoms with E-state index in [-0.39, 0.29) is 11.9 Å². The molecule has 5 nitrogen and oxygen atoms in total. The minimum Gasteiger partial charge on any atom is -0.508 e. The Kier molecular flexibility index (Phi) is 5.38. The Morgan fingerprint density at radius 1 is 1.50 bits per heavy atom. The van der Waals surface area contributed by atoms with Crippen LogP contribution in [-0.2, 0) is 16.0 Å². The van der Waals surface area contributed by atoms with Gasteiger partial charge in [-0.05, 0) is 42.5 Å². The van der Waals surface area contributed by atoms with Gasteiger partial charge in [0, 0.05) is 19.7 Å². The first-order valence-electron chi connectivity index (χ1n) is 7.01. The summed E-state index contributed by atoms with van der Waals surface area (Å²) >= 11 is 0. The predicted octanol–water partition coefficient (Wildman–Crippen LogP) is 1.12. The summed E-state index contributed by atoms with van der Waals surface area (Å²) < 4.78 is 4.89. The second-order valence-electron chi connectivity index (χ2n) is 5.05. The molecule has 1 atom stereocenters. The number of fused-ring (bicyclic) bond motifs is 1. The molecule has 0 aliphatic heterocycles. The van der Waals surface area contributed by atoms with E-state index in [1.165, 1.54) is 11.1 Å². The van der Waals surface area contributed by atoms with Gasteiger partial charge in [0.2, 0.25) is 5.91 Å². The minimum atomic E-state index is -0.0204. The van der Waals surface area contributed by atoms with E-state index < -0.39 is 0 Å². The first-order chi connectivity index (χ1) is 9.70. The van der Waals surface area contributed by atoms with E-state index in [4.69, 9.17) is 4.74 Å². The quantitative estimate of drug-likeness (QED) is 0.682. The molecule has 1 aliphatic rings. The molecule has 0 aromatic heterocycles. The van der Waals surface area contributed by atoms with Gasteiger partial charge in [0.25, 0.3) is 0 Å². The van der Waals surface area contributed by atoms with Crippen LogP contribution in [0, 0.1) is 0 Å². The monoisotopic (exact) mass is 278 g/mol. The van der Waals surface area contributed by atoms with Crippen molar-refractivity contribution in [3.8, 4) is 5.75 Å². The Morgan fingerprint density at radius 3 is 3.15 bits per heavy atom. The van der Waals surface area contributed by atoms with Gasteiger partial charge in [-0.25, -0.2) is 0 Å². The summed E-state index contributed by atoms with van der Waals surface area (Å²) in [5, 5.41) is 15.6. The second kappa shape index (κ2) is 7.26. The molecule has 20 heavy (non-hydrogen) atoms. The number of rotatable bonds is 6. The number of nitrogens with one attached hydrogen (secondary N) is 2. The highest BCUT2D eigenvalue weighted by atomic mass is 16.5. The van der Waals surface area contributed by atoms with Crippen LogP contribution in [0.5, 0.6) is 5.75 Å². The molecular weight excluding hydrogens is 256 g/mol. The van der Waals surface area contributed by atoms with Gasteiger partial charge in [0.15, 0.2) is 0 Å². The van der Waals surface area contributed by atoms with Gasteiger partial charge < -0.3 is 20.5 Å². The first kappa shape index (κ1) is 14.8. The van der Waals surface area contributed by atoms with Crippen LogP contribution >= 0.6 is 0 Å². The largest absolute Gasteiger partial charge is 0.508 e. The molecule has 1 aromatic carbocycles. The molecule has 1 amide bonds. The number of aromatic hydroxyl groups is 1. The summed E-state index contributed by atoms with van der Waals surface area (Å²) in [6.45, 7) is 1.36. The topological polar surface area (TPSA) is 70.6 Å². The Hall–Kier alpha value is -1.59. The number of carbonyl (C=O) groups excluding carboxylic acids is 1. The molecule has 5 heteroatoms. The van der Waals surface area contributed by atoms with E-state index in [1.54, 1.807) is 13.2 Å². The molecule has 2 rings (SSSR count). The van der Waals surface area contributed by atoms with Crippen molar-refractivity contribution in [2.75, 3.05) is 26.8 Å². The summed E-state index contributed by atoms with van der Waals surface area (Å²) in [6.07, 6.45) is 3.07. The van der Waals surface area contributed by atoms with Crippen LogP contribution in [0.25, 0.3) is 0 Å². The lowest BCUT2D eigenvalue weighted by Crippen LogP contribution is -2.37. The van der Waals surface area contributed by atoms with Crippen molar-refractivity contribution in [2.24, 2.45) is 0 Å². The number of phenolic OH excluding ortho intramolecular Hbond substituents is 1. The van der Waals surface area contributed by atoms with E-state index in [2.05, 4.69) is 10.6 Å². The summed E-state index contributed by atoms with van der Waals surface area (Å²) in [5.74, 6) is 0.287. The maximum Gasteiger partial charge on any atom is 0.234 e. The SMILES string of the molecule is COCCNC(=O)CNC1CCCc2cc(O)ccc21. The van der Waals surface area contributed by atoms with Gasteiger partial charge in [-0.1, -0.05) is 6.07 Å². The molecular formula is C15H22N2O3. The zero-order valence-corrected chi connectivity index (χ0v) is 11.8. The van der Waals surface area contributed by atoms with E-state index in [1.807, 2.05) is 12.1 Å². The Morgan fingerprint density at radius 2 is 2.35 bits per heavy atom. The Balaban J connectivity index is 1.87. The fourth-order valence-electron chi connectivity index (χ4n) is 2.58. The van der Waals surface area contributed by atoms with Crippen LogP contribution in [0.3, 0.4) is 0 Å². The molecule has 3 N–H and O–H groups in total.